The lowest BCUT2D eigenvalue weighted by Gasteiger charge is -2.07. The molecule has 0 saturated heterocycles. The van der Waals surface area contributed by atoms with Crippen molar-refractivity contribution in [2.45, 2.75) is 9.79 Å². The Morgan fingerprint density at radius 2 is 1.89 bits per heavy atom. The summed E-state index contributed by atoms with van der Waals surface area (Å²) in [7, 11) is 1.63. The minimum absolute atomic E-state index is 0.584. The van der Waals surface area contributed by atoms with Crippen molar-refractivity contribution in [3.63, 3.8) is 0 Å². The third-order valence-corrected chi connectivity index (χ3v) is 4.00. The molecule has 0 aliphatic heterocycles. The highest BCUT2D eigenvalue weighted by Gasteiger charge is 2.08. The summed E-state index contributed by atoms with van der Waals surface area (Å²) in [6, 6.07) is 12.9. The molecular weight excluding hydrogens is 268 g/mol. The molecule has 0 saturated carbocycles. The maximum Gasteiger partial charge on any atom is 0.151 e. The zero-order chi connectivity index (χ0) is 13.0. The number of halogens is 1. The Morgan fingerprint density at radius 1 is 1.17 bits per heavy atom. The molecule has 0 unspecified atom stereocenters. The summed E-state index contributed by atoms with van der Waals surface area (Å²) in [5.41, 5.74) is 0.600. The zero-order valence-corrected chi connectivity index (χ0v) is 11.3. The number of hydrogen-bond donors (Lipinski definition) is 0. The monoisotopic (exact) mass is 278 g/mol. The van der Waals surface area contributed by atoms with E-state index >= 15 is 0 Å². The van der Waals surface area contributed by atoms with Crippen LogP contribution in [0.1, 0.15) is 10.4 Å². The number of carbonyl (C=O) groups excluding carboxylic acids is 1. The molecule has 0 fully saturated rings. The Bertz CT molecular complexity index is 552. The van der Waals surface area contributed by atoms with Crippen molar-refractivity contribution in [2.75, 3.05) is 7.11 Å². The second kappa shape index (κ2) is 5.94. The molecule has 0 aromatic heterocycles. The van der Waals surface area contributed by atoms with Crippen molar-refractivity contribution in [1.82, 2.24) is 0 Å². The van der Waals surface area contributed by atoms with Gasteiger partial charge in [0.05, 0.1) is 12.1 Å². The molecule has 4 heteroatoms. The second-order valence-electron chi connectivity index (χ2n) is 3.55. The van der Waals surface area contributed by atoms with E-state index in [9.17, 15) is 4.79 Å². The van der Waals surface area contributed by atoms with E-state index in [1.54, 1.807) is 25.3 Å². The molecule has 0 spiro atoms. The Kier molecular flexibility index (Phi) is 4.28. The summed E-state index contributed by atoms with van der Waals surface area (Å²) in [4.78, 5) is 12.8. The molecule has 0 aliphatic carbocycles. The fraction of sp³-hybridized carbons (Fsp3) is 0.0714. The first-order valence-electron chi connectivity index (χ1n) is 5.30. The van der Waals surface area contributed by atoms with Gasteiger partial charge in [0.2, 0.25) is 0 Å². The highest BCUT2D eigenvalue weighted by Crippen LogP contribution is 2.35. The van der Waals surface area contributed by atoms with E-state index in [4.69, 9.17) is 16.3 Å². The summed E-state index contributed by atoms with van der Waals surface area (Å²) in [5, 5.41) is 0.584. The van der Waals surface area contributed by atoms with Crippen LogP contribution >= 0.6 is 23.4 Å². The molecule has 2 rings (SSSR count). The third kappa shape index (κ3) is 2.86. The highest BCUT2D eigenvalue weighted by molar-refractivity contribution is 7.99. The van der Waals surface area contributed by atoms with Crippen LogP contribution in [0, 0.1) is 0 Å². The van der Waals surface area contributed by atoms with Gasteiger partial charge in [-0.2, -0.15) is 0 Å². The lowest BCUT2D eigenvalue weighted by atomic mass is 10.2. The van der Waals surface area contributed by atoms with Crippen LogP contribution in [0.4, 0.5) is 0 Å². The van der Waals surface area contributed by atoms with Gasteiger partial charge in [0.1, 0.15) is 5.75 Å². The summed E-state index contributed by atoms with van der Waals surface area (Å²) in [6.45, 7) is 0. The van der Waals surface area contributed by atoms with Crippen LogP contribution < -0.4 is 4.74 Å². The predicted octanol–water partition coefficient (Wildman–Crippen LogP) is 4.31. The van der Waals surface area contributed by atoms with Crippen molar-refractivity contribution < 1.29 is 9.53 Å². The maximum absolute atomic E-state index is 11.0. The van der Waals surface area contributed by atoms with Gasteiger partial charge in [0.15, 0.2) is 6.29 Å². The quantitative estimate of drug-likeness (QED) is 0.780. The molecule has 0 atom stereocenters. The van der Waals surface area contributed by atoms with E-state index < -0.39 is 0 Å². The molecule has 2 nitrogen and oxygen atoms in total. The first kappa shape index (κ1) is 13.0. The third-order valence-electron chi connectivity index (χ3n) is 2.40. The lowest BCUT2D eigenvalue weighted by Crippen LogP contribution is -1.86. The van der Waals surface area contributed by atoms with Crippen molar-refractivity contribution in [2.24, 2.45) is 0 Å². The van der Waals surface area contributed by atoms with Crippen molar-refractivity contribution >= 4 is 29.6 Å². The molecule has 2 aromatic carbocycles. The lowest BCUT2D eigenvalue weighted by molar-refractivity contribution is 0.112. The number of rotatable bonds is 4. The van der Waals surface area contributed by atoms with Gasteiger partial charge < -0.3 is 4.74 Å². The van der Waals surface area contributed by atoms with Crippen LogP contribution in [-0.2, 0) is 0 Å². The van der Waals surface area contributed by atoms with E-state index in [2.05, 4.69) is 0 Å². The van der Waals surface area contributed by atoms with Crippen LogP contribution in [0.5, 0.6) is 5.75 Å². The zero-order valence-electron chi connectivity index (χ0n) is 9.72. The molecule has 18 heavy (non-hydrogen) atoms. The van der Waals surface area contributed by atoms with E-state index in [1.807, 2.05) is 24.3 Å². The summed E-state index contributed by atoms with van der Waals surface area (Å²) < 4.78 is 5.10. The average Bonchev–Trinajstić information content (AvgIpc) is 2.42. The van der Waals surface area contributed by atoms with Gasteiger partial charge in [-0.05, 0) is 30.3 Å². The van der Waals surface area contributed by atoms with Crippen molar-refractivity contribution in [3.8, 4) is 5.75 Å². The first-order valence-corrected chi connectivity index (χ1v) is 6.49. The van der Waals surface area contributed by atoms with Gasteiger partial charge >= 0.3 is 0 Å². The van der Waals surface area contributed by atoms with Crippen LogP contribution in [0.15, 0.2) is 52.3 Å². The minimum Gasteiger partial charge on any atom is -0.497 e. The molecule has 0 bridgehead atoms. The van der Waals surface area contributed by atoms with E-state index in [0.29, 0.717) is 10.6 Å². The molecule has 0 radical (unpaired) electrons. The normalized spacial score (nSPS) is 10.1. The van der Waals surface area contributed by atoms with Crippen LogP contribution in [0.25, 0.3) is 0 Å². The number of methoxy groups -OCH3 is 1. The molecule has 0 amide bonds. The van der Waals surface area contributed by atoms with Gasteiger partial charge in [0, 0.05) is 15.4 Å². The molecular formula is C14H11ClO2S. The topological polar surface area (TPSA) is 26.3 Å². The fourth-order valence-corrected chi connectivity index (χ4v) is 2.69. The van der Waals surface area contributed by atoms with Gasteiger partial charge in [-0.15, -0.1) is 0 Å². The molecule has 0 heterocycles. The smallest absolute Gasteiger partial charge is 0.151 e. The van der Waals surface area contributed by atoms with Crippen LogP contribution in [0.2, 0.25) is 5.02 Å². The predicted molar refractivity (Wildman–Crippen MR) is 74.0 cm³/mol. The van der Waals surface area contributed by atoms with Crippen molar-refractivity contribution in [1.29, 1.82) is 0 Å². The summed E-state index contributed by atoms with van der Waals surface area (Å²) in [6.07, 6.45) is 0.817. The number of benzene rings is 2. The number of ether oxygens (including phenoxy) is 1. The molecule has 2 aromatic rings. The maximum atomic E-state index is 11.0. The summed E-state index contributed by atoms with van der Waals surface area (Å²) in [5.74, 6) is 0.800. The number of carbonyl (C=O) groups is 1. The average molecular weight is 279 g/mol. The minimum atomic E-state index is 0.584. The van der Waals surface area contributed by atoms with E-state index in [0.717, 1.165) is 21.8 Å². The first-order chi connectivity index (χ1) is 8.74. The molecule has 92 valence electrons. The summed E-state index contributed by atoms with van der Waals surface area (Å²) >= 11 is 7.58. The fourth-order valence-electron chi connectivity index (χ4n) is 1.49. The van der Waals surface area contributed by atoms with Crippen molar-refractivity contribution in [3.05, 3.63) is 53.1 Å². The number of hydrogen-bond acceptors (Lipinski definition) is 3. The Balaban J connectivity index is 2.30. The largest absolute Gasteiger partial charge is 0.497 e. The van der Waals surface area contributed by atoms with Gasteiger partial charge in [-0.25, -0.2) is 0 Å². The van der Waals surface area contributed by atoms with Crippen LogP contribution in [0.3, 0.4) is 0 Å². The second-order valence-corrected chi connectivity index (χ2v) is 5.04. The van der Waals surface area contributed by atoms with E-state index in [-0.39, 0.29) is 0 Å². The SMILES string of the molecule is COc1ccc(Sc2c(Cl)cccc2C=O)cc1. The Hall–Kier alpha value is -1.45. The van der Waals surface area contributed by atoms with Gasteiger partial charge in [-0.3, -0.25) is 4.79 Å². The Labute approximate surface area is 115 Å². The van der Waals surface area contributed by atoms with E-state index in [1.165, 1.54) is 11.8 Å². The van der Waals surface area contributed by atoms with Crippen LogP contribution in [-0.4, -0.2) is 13.4 Å². The highest BCUT2D eigenvalue weighted by atomic mass is 35.5. The van der Waals surface area contributed by atoms with Gasteiger partial charge in [0.25, 0.3) is 0 Å². The number of aldehydes is 1. The van der Waals surface area contributed by atoms with Gasteiger partial charge in [-0.1, -0.05) is 35.5 Å². The molecule has 0 N–H and O–H groups in total. The molecule has 0 aliphatic rings. The Morgan fingerprint density at radius 3 is 2.50 bits per heavy atom. The standard InChI is InChI=1S/C14H11ClO2S/c1-17-11-5-7-12(8-6-11)18-14-10(9-16)3-2-4-13(14)15/h2-9H,1H3.